The zero-order chi connectivity index (χ0) is 10.9. The number of hydrogen-bond donors (Lipinski definition) is 1. The van der Waals surface area contributed by atoms with Crippen LogP contribution < -0.4 is 5.73 Å². The molecule has 1 aliphatic rings. The van der Waals surface area contributed by atoms with Crippen LogP contribution in [0.15, 0.2) is 0 Å². The second-order valence-corrected chi connectivity index (χ2v) is 5.27. The lowest BCUT2D eigenvalue weighted by Gasteiger charge is -2.26. The van der Waals surface area contributed by atoms with E-state index in [2.05, 4.69) is 13.8 Å². The minimum atomic E-state index is -0.716. The highest BCUT2D eigenvalue weighted by Crippen LogP contribution is 2.24. The normalized spacial score (nSPS) is 23.3. The molecule has 0 saturated carbocycles. The molecule has 0 spiro atoms. The van der Waals surface area contributed by atoms with Crippen molar-refractivity contribution < 1.29 is 4.79 Å². The van der Waals surface area contributed by atoms with E-state index in [0.29, 0.717) is 11.8 Å². The topological polar surface area (TPSA) is 46.3 Å². The van der Waals surface area contributed by atoms with Crippen LogP contribution in [-0.2, 0) is 4.79 Å². The van der Waals surface area contributed by atoms with E-state index < -0.39 is 5.54 Å². The fourth-order valence-corrected chi connectivity index (χ4v) is 1.92. The number of rotatable bonds is 2. The van der Waals surface area contributed by atoms with Crippen LogP contribution in [0.2, 0.25) is 0 Å². The molecule has 0 aromatic carbocycles. The number of carbonyl (C=O) groups excluding carboxylic acids is 1. The minimum Gasteiger partial charge on any atom is -0.341 e. The highest BCUT2D eigenvalue weighted by Gasteiger charge is 2.33. The molecule has 82 valence electrons. The summed E-state index contributed by atoms with van der Waals surface area (Å²) < 4.78 is 0. The molecule has 3 heteroatoms. The van der Waals surface area contributed by atoms with Crippen LogP contribution >= 0.6 is 0 Å². The molecule has 2 N–H and O–H groups in total. The summed E-state index contributed by atoms with van der Waals surface area (Å²) in [7, 11) is 0. The van der Waals surface area contributed by atoms with E-state index >= 15 is 0 Å². The summed E-state index contributed by atoms with van der Waals surface area (Å²) in [5.41, 5.74) is 5.07. The summed E-state index contributed by atoms with van der Waals surface area (Å²) in [6, 6.07) is 0. The minimum absolute atomic E-state index is 0.0839. The van der Waals surface area contributed by atoms with Gasteiger partial charge in [0.05, 0.1) is 5.54 Å². The Morgan fingerprint density at radius 1 is 1.50 bits per heavy atom. The van der Waals surface area contributed by atoms with E-state index in [4.69, 9.17) is 5.73 Å². The predicted octanol–water partition coefficient (Wildman–Crippen LogP) is 1.23. The van der Waals surface area contributed by atoms with Crippen molar-refractivity contribution in [2.45, 2.75) is 39.7 Å². The van der Waals surface area contributed by atoms with Gasteiger partial charge in [0.1, 0.15) is 0 Å². The molecular weight excluding hydrogens is 176 g/mol. The van der Waals surface area contributed by atoms with Gasteiger partial charge >= 0.3 is 0 Å². The zero-order valence-corrected chi connectivity index (χ0v) is 9.71. The Kier molecular flexibility index (Phi) is 3.20. The van der Waals surface area contributed by atoms with Crippen molar-refractivity contribution in [3.63, 3.8) is 0 Å². The van der Waals surface area contributed by atoms with Crippen LogP contribution in [0, 0.1) is 11.8 Å². The molecule has 14 heavy (non-hydrogen) atoms. The molecule has 0 bridgehead atoms. The van der Waals surface area contributed by atoms with Gasteiger partial charge in [-0.3, -0.25) is 4.79 Å². The first kappa shape index (κ1) is 11.5. The third kappa shape index (κ3) is 2.47. The summed E-state index contributed by atoms with van der Waals surface area (Å²) in [6.45, 7) is 9.74. The number of nitrogens with zero attached hydrogens (tertiary/aromatic N) is 1. The van der Waals surface area contributed by atoms with E-state index in [1.807, 2.05) is 4.90 Å². The van der Waals surface area contributed by atoms with Gasteiger partial charge in [0.15, 0.2) is 0 Å². The molecule has 0 aromatic heterocycles. The molecule has 0 unspecified atom stereocenters. The Morgan fingerprint density at radius 2 is 2.07 bits per heavy atom. The van der Waals surface area contributed by atoms with E-state index in [-0.39, 0.29) is 5.91 Å². The third-order valence-electron chi connectivity index (χ3n) is 3.01. The van der Waals surface area contributed by atoms with Crippen LogP contribution in [0.25, 0.3) is 0 Å². The van der Waals surface area contributed by atoms with Crippen molar-refractivity contribution in [2.24, 2.45) is 17.6 Å². The summed E-state index contributed by atoms with van der Waals surface area (Å²) in [5, 5.41) is 0. The first-order chi connectivity index (χ1) is 6.32. The van der Waals surface area contributed by atoms with Gasteiger partial charge in [-0.15, -0.1) is 0 Å². The van der Waals surface area contributed by atoms with Gasteiger partial charge in [0, 0.05) is 13.1 Å². The molecule has 1 aliphatic heterocycles. The lowest BCUT2D eigenvalue weighted by Crippen LogP contribution is -2.50. The highest BCUT2D eigenvalue weighted by atomic mass is 16.2. The Bertz CT molecular complexity index is 218. The molecule has 0 radical (unpaired) electrons. The van der Waals surface area contributed by atoms with E-state index in [1.165, 1.54) is 0 Å². The first-order valence-corrected chi connectivity index (χ1v) is 5.40. The smallest absolute Gasteiger partial charge is 0.242 e. The molecule has 1 atom stereocenters. The van der Waals surface area contributed by atoms with Crippen LogP contribution in [0.5, 0.6) is 0 Å². The van der Waals surface area contributed by atoms with Crippen LogP contribution in [0.3, 0.4) is 0 Å². The second-order valence-electron chi connectivity index (χ2n) is 5.27. The molecule has 0 aromatic rings. The number of likely N-dealkylation sites (tertiary alicyclic amines) is 1. The summed E-state index contributed by atoms with van der Waals surface area (Å²) in [4.78, 5) is 13.7. The monoisotopic (exact) mass is 198 g/mol. The zero-order valence-electron chi connectivity index (χ0n) is 9.71. The molecule has 1 heterocycles. The third-order valence-corrected chi connectivity index (χ3v) is 3.01. The van der Waals surface area contributed by atoms with Gasteiger partial charge in [-0.2, -0.15) is 0 Å². The van der Waals surface area contributed by atoms with E-state index in [9.17, 15) is 4.79 Å². The van der Waals surface area contributed by atoms with Crippen LogP contribution in [0.4, 0.5) is 0 Å². The van der Waals surface area contributed by atoms with Crippen molar-refractivity contribution >= 4 is 5.91 Å². The fourth-order valence-electron chi connectivity index (χ4n) is 1.92. The van der Waals surface area contributed by atoms with Gasteiger partial charge < -0.3 is 10.6 Å². The maximum absolute atomic E-state index is 11.8. The fraction of sp³-hybridized carbons (Fsp3) is 0.909. The maximum Gasteiger partial charge on any atom is 0.242 e. The Balaban J connectivity index is 2.54. The van der Waals surface area contributed by atoms with Gasteiger partial charge in [-0.1, -0.05) is 13.8 Å². The first-order valence-electron chi connectivity index (χ1n) is 5.40. The number of carbonyl (C=O) groups is 1. The van der Waals surface area contributed by atoms with Gasteiger partial charge in [0.25, 0.3) is 0 Å². The molecule has 1 amide bonds. The largest absolute Gasteiger partial charge is 0.341 e. The standard InChI is InChI=1S/C11H22N2O/c1-8(2)9-5-6-13(7-9)10(14)11(3,4)12/h8-9H,5-7,12H2,1-4H3/t9-/m1/s1. The molecule has 3 nitrogen and oxygen atoms in total. The highest BCUT2D eigenvalue weighted by molar-refractivity contribution is 5.85. The van der Waals surface area contributed by atoms with Crippen LogP contribution in [0.1, 0.15) is 34.1 Å². The quantitative estimate of drug-likeness (QED) is 0.725. The van der Waals surface area contributed by atoms with E-state index in [0.717, 1.165) is 19.5 Å². The predicted molar refractivity (Wildman–Crippen MR) is 57.8 cm³/mol. The SMILES string of the molecule is CC(C)[C@@H]1CCN(C(=O)C(C)(C)N)C1. The van der Waals surface area contributed by atoms with Crippen molar-refractivity contribution in [3.05, 3.63) is 0 Å². The average Bonchev–Trinajstić information content (AvgIpc) is 2.48. The van der Waals surface area contributed by atoms with Gasteiger partial charge in [-0.05, 0) is 32.1 Å². The average molecular weight is 198 g/mol. The number of hydrogen-bond acceptors (Lipinski definition) is 2. The van der Waals surface area contributed by atoms with Crippen molar-refractivity contribution in [2.75, 3.05) is 13.1 Å². The Hall–Kier alpha value is -0.570. The Morgan fingerprint density at radius 3 is 2.43 bits per heavy atom. The molecule has 1 rings (SSSR count). The number of amides is 1. The summed E-state index contributed by atoms with van der Waals surface area (Å²) in [5.74, 6) is 1.40. The lowest BCUT2D eigenvalue weighted by molar-refractivity contribution is -0.134. The molecule has 0 aliphatic carbocycles. The molecule has 1 saturated heterocycles. The van der Waals surface area contributed by atoms with Crippen molar-refractivity contribution in [3.8, 4) is 0 Å². The number of nitrogens with two attached hydrogens (primary N) is 1. The lowest BCUT2D eigenvalue weighted by atomic mass is 9.95. The van der Waals surface area contributed by atoms with Gasteiger partial charge in [-0.25, -0.2) is 0 Å². The van der Waals surface area contributed by atoms with Crippen molar-refractivity contribution in [1.82, 2.24) is 4.90 Å². The van der Waals surface area contributed by atoms with Crippen molar-refractivity contribution in [1.29, 1.82) is 0 Å². The summed E-state index contributed by atoms with van der Waals surface area (Å²) in [6.07, 6.45) is 1.12. The maximum atomic E-state index is 11.8. The molecule has 1 fully saturated rings. The molecular formula is C11H22N2O. The van der Waals surface area contributed by atoms with E-state index in [1.54, 1.807) is 13.8 Å². The second kappa shape index (κ2) is 3.89. The summed E-state index contributed by atoms with van der Waals surface area (Å²) >= 11 is 0. The Labute approximate surface area is 86.6 Å². The van der Waals surface area contributed by atoms with Crippen LogP contribution in [-0.4, -0.2) is 29.4 Å². The van der Waals surface area contributed by atoms with Gasteiger partial charge in [0.2, 0.25) is 5.91 Å².